The fourth-order valence-corrected chi connectivity index (χ4v) is 1.65. The molecule has 0 heterocycles. The molecule has 1 aromatic rings. The summed E-state index contributed by atoms with van der Waals surface area (Å²) in [6.07, 6.45) is 1.75. The van der Waals surface area contributed by atoms with E-state index < -0.39 is 5.91 Å². The van der Waals surface area contributed by atoms with Crippen LogP contribution in [0, 0.1) is 0 Å². The van der Waals surface area contributed by atoms with Crippen molar-refractivity contribution in [3.8, 4) is 0 Å². The predicted octanol–water partition coefficient (Wildman–Crippen LogP) is 1.86. The van der Waals surface area contributed by atoms with Crippen LogP contribution in [0.5, 0.6) is 0 Å². The molecule has 0 spiro atoms. The molecular weight excluding hydrogens is 240 g/mol. The number of rotatable bonds is 6. The van der Waals surface area contributed by atoms with Gasteiger partial charge in [-0.15, -0.1) is 0 Å². The molecule has 1 aromatic carbocycles. The van der Waals surface area contributed by atoms with Crippen molar-refractivity contribution in [3.05, 3.63) is 47.5 Å². The molecule has 0 aliphatic heterocycles. The lowest BCUT2D eigenvalue weighted by molar-refractivity contribution is -0.127. The molecule has 0 bridgehead atoms. The first kappa shape index (κ1) is 15.0. The highest BCUT2D eigenvalue weighted by Gasteiger charge is 2.12. The van der Waals surface area contributed by atoms with Crippen LogP contribution in [0.2, 0.25) is 0 Å². The second-order valence-corrected chi connectivity index (χ2v) is 4.68. The third kappa shape index (κ3) is 5.86. The lowest BCUT2D eigenvalue weighted by Crippen LogP contribution is -2.32. The number of benzene rings is 1. The van der Waals surface area contributed by atoms with Gasteiger partial charge in [0.1, 0.15) is 0 Å². The molecule has 0 unspecified atom stereocenters. The van der Waals surface area contributed by atoms with Crippen LogP contribution in [0.1, 0.15) is 25.8 Å². The number of nitrogens with two attached hydrogens (primary N) is 1. The molecular formula is C15H20N2O2. The van der Waals surface area contributed by atoms with E-state index in [9.17, 15) is 9.59 Å². The Hall–Kier alpha value is -2.10. The molecule has 0 aliphatic carbocycles. The summed E-state index contributed by atoms with van der Waals surface area (Å²) < 4.78 is 0. The Morgan fingerprint density at radius 3 is 2.37 bits per heavy atom. The lowest BCUT2D eigenvalue weighted by Gasteiger charge is -2.21. The monoisotopic (exact) mass is 260 g/mol. The maximum absolute atomic E-state index is 12.1. The fourth-order valence-electron chi connectivity index (χ4n) is 1.65. The molecule has 0 fully saturated rings. The zero-order chi connectivity index (χ0) is 14.3. The minimum absolute atomic E-state index is 0.0925. The molecule has 1 rings (SSSR count). The first-order valence-electron chi connectivity index (χ1n) is 6.25. The molecule has 19 heavy (non-hydrogen) atoms. The van der Waals surface area contributed by atoms with Gasteiger partial charge in [-0.1, -0.05) is 35.9 Å². The van der Waals surface area contributed by atoms with Crippen molar-refractivity contribution in [2.24, 2.45) is 5.73 Å². The number of allylic oxidation sites excluding steroid dienone is 1. The Bertz CT molecular complexity index is 462. The number of amides is 2. The Balaban J connectivity index is 2.77. The van der Waals surface area contributed by atoms with Gasteiger partial charge in [0.15, 0.2) is 0 Å². The third-order valence-electron chi connectivity index (χ3n) is 2.57. The first-order chi connectivity index (χ1) is 8.99. The zero-order valence-corrected chi connectivity index (χ0v) is 11.4. The quantitative estimate of drug-likeness (QED) is 0.793. The summed E-state index contributed by atoms with van der Waals surface area (Å²) >= 11 is 0. The van der Waals surface area contributed by atoms with E-state index in [1.807, 2.05) is 44.2 Å². The van der Waals surface area contributed by atoms with Crippen molar-refractivity contribution in [3.63, 3.8) is 0 Å². The third-order valence-corrected chi connectivity index (χ3v) is 2.57. The average Bonchev–Trinajstić information content (AvgIpc) is 2.34. The smallest absolute Gasteiger partial charge is 0.246 e. The Morgan fingerprint density at radius 2 is 1.84 bits per heavy atom. The van der Waals surface area contributed by atoms with Gasteiger partial charge in [-0.25, -0.2) is 0 Å². The fraction of sp³-hybridized carbons (Fsp3) is 0.333. The highest BCUT2D eigenvalue weighted by molar-refractivity contribution is 5.88. The minimum Gasteiger partial charge on any atom is -0.370 e. The van der Waals surface area contributed by atoms with Crippen LogP contribution in [0.25, 0.3) is 0 Å². The Morgan fingerprint density at radius 1 is 1.21 bits per heavy atom. The summed E-state index contributed by atoms with van der Waals surface area (Å²) in [5, 5.41) is 0. The van der Waals surface area contributed by atoms with E-state index in [1.54, 1.807) is 11.0 Å². The molecule has 0 aromatic heterocycles. The van der Waals surface area contributed by atoms with Gasteiger partial charge in [0, 0.05) is 25.6 Å². The van der Waals surface area contributed by atoms with Crippen LogP contribution >= 0.6 is 0 Å². The van der Waals surface area contributed by atoms with Crippen LogP contribution in [0.15, 0.2) is 42.0 Å². The van der Waals surface area contributed by atoms with E-state index in [2.05, 4.69) is 0 Å². The highest BCUT2D eigenvalue weighted by Crippen LogP contribution is 2.07. The topological polar surface area (TPSA) is 63.4 Å². The molecule has 2 amide bonds. The van der Waals surface area contributed by atoms with Gasteiger partial charge in [-0.05, 0) is 19.4 Å². The van der Waals surface area contributed by atoms with Gasteiger partial charge >= 0.3 is 0 Å². The Kier molecular flexibility index (Phi) is 5.79. The van der Waals surface area contributed by atoms with Crippen LogP contribution in [0.3, 0.4) is 0 Å². The zero-order valence-electron chi connectivity index (χ0n) is 11.4. The number of nitrogens with zero attached hydrogens (tertiary/aromatic N) is 1. The van der Waals surface area contributed by atoms with E-state index in [0.29, 0.717) is 13.1 Å². The van der Waals surface area contributed by atoms with Gasteiger partial charge in [0.05, 0.1) is 0 Å². The largest absolute Gasteiger partial charge is 0.370 e. The van der Waals surface area contributed by atoms with Crippen LogP contribution in [0.4, 0.5) is 0 Å². The maximum Gasteiger partial charge on any atom is 0.246 e. The van der Waals surface area contributed by atoms with Crippen molar-refractivity contribution >= 4 is 11.8 Å². The summed E-state index contributed by atoms with van der Waals surface area (Å²) in [6.45, 7) is 4.56. The lowest BCUT2D eigenvalue weighted by atomic mass is 10.2. The standard InChI is InChI=1S/C15H20N2O2/c1-12(2)10-15(19)17(9-8-14(16)18)11-13-6-4-3-5-7-13/h3-7,10H,8-9,11H2,1-2H3,(H2,16,18). The van der Waals surface area contributed by atoms with Crippen molar-refractivity contribution in [2.45, 2.75) is 26.8 Å². The number of carbonyl (C=O) groups is 2. The van der Waals surface area contributed by atoms with Crippen LogP contribution < -0.4 is 5.73 Å². The number of hydrogen-bond acceptors (Lipinski definition) is 2. The minimum atomic E-state index is -0.400. The molecule has 0 radical (unpaired) electrons. The molecule has 2 N–H and O–H groups in total. The van der Waals surface area contributed by atoms with Gasteiger partial charge in [-0.3, -0.25) is 9.59 Å². The predicted molar refractivity (Wildman–Crippen MR) is 75.1 cm³/mol. The SMILES string of the molecule is CC(C)=CC(=O)N(CCC(N)=O)Cc1ccccc1. The summed E-state index contributed by atoms with van der Waals surface area (Å²) in [6, 6.07) is 9.68. The van der Waals surface area contributed by atoms with Crippen molar-refractivity contribution in [2.75, 3.05) is 6.54 Å². The van der Waals surface area contributed by atoms with E-state index in [0.717, 1.165) is 11.1 Å². The average molecular weight is 260 g/mol. The van der Waals surface area contributed by atoms with Gasteiger partial charge in [-0.2, -0.15) is 0 Å². The summed E-state index contributed by atoms with van der Waals surface area (Å²) in [5.41, 5.74) is 7.11. The number of hydrogen-bond donors (Lipinski definition) is 1. The summed E-state index contributed by atoms with van der Waals surface area (Å²) in [4.78, 5) is 24.6. The maximum atomic E-state index is 12.1. The van der Waals surface area contributed by atoms with Gasteiger partial charge in [0.2, 0.25) is 11.8 Å². The summed E-state index contributed by atoms with van der Waals surface area (Å²) in [5.74, 6) is -0.492. The Labute approximate surface area is 113 Å². The molecule has 4 heteroatoms. The van der Waals surface area contributed by atoms with E-state index in [-0.39, 0.29) is 12.3 Å². The molecule has 102 valence electrons. The normalized spacial score (nSPS) is 9.79. The molecule has 4 nitrogen and oxygen atoms in total. The second kappa shape index (κ2) is 7.36. The summed E-state index contributed by atoms with van der Waals surface area (Å²) in [7, 11) is 0. The van der Waals surface area contributed by atoms with Crippen molar-refractivity contribution < 1.29 is 9.59 Å². The number of carbonyl (C=O) groups excluding carboxylic acids is 2. The second-order valence-electron chi connectivity index (χ2n) is 4.68. The van der Waals surface area contributed by atoms with E-state index in [1.165, 1.54) is 0 Å². The molecule has 0 atom stereocenters. The van der Waals surface area contributed by atoms with Crippen molar-refractivity contribution in [1.82, 2.24) is 4.90 Å². The highest BCUT2D eigenvalue weighted by atomic mass is 16.2. The van der Waals surface area contributed by atoms with Gasteiger partial charge in [0.25, 0.3) is 0 Å². The number of primary amides is 1. The van der Waals surface area contributed by atoms with E-state index in [4.69, 9.17) is 5.73 Å². The first-order valence-corrected chi connectivity index (χ1v) is 6.25. The molecule has 0 aliphatic rings. The van der Waals surface area contributed by atoms with Crippen molar-refractivity contribution in [1.29, 1.82) is 0 Å². The molecule has 0 saturated carbocycles. The van der Waals surface area contributed by atoms with Gasteiger partial charge < -0.3 is 10.6 Å². The van der Waals surface area contributed by atoms with Crippen LogP contribution in [-0.2, 0) is 16.1 Å². The van der Waals surface area contributed by atoms with E-state index >= 15 is 0 Å². The molecule has 0 saturated heterocycles. The van der Waals surface area contributed by atoms with Crippen LogP contribution in [-0.4, -0.2) is 23.3 Å².